The molecule has 0 unspecified atom stereocenters. The number of rotatable bonds is 11. The highest BCUT2D eigenvalue weighted by molar-refractivity contribution is 7.99. The number of aromatic nitrogens is 3. The van der Waals surface area contributed by atoms with Crippen LogP contribution in [-0.2, 0) is 24.7 Å². The predicted octanol–water partition coefficient (Wildman–Crippen LogP) is 3.70. The number of amides is 1. The van der Waals surface area contributed by atoms with Gasteiger partial charge in [0.05, 0.1) is 0 Å². The lowest BCUT2D eigenvalue weighted by Crippen LogP contribution is -2.26. The van der Waals surface area contributed by atoms with Crippen LogP contribution in [0.3, 0.4) is 0 Å². The molecule has 2 aromatic heterocycles. The average Bonchev–Trinajstić information content (AvgIpc) is 2.81. The van der Waals surface area contributed by atoms with E-state index in [9.17, 15) is 9.59 Å². The number of hydrogen-bond donors (Lipinski definition) is 1. The molecule has 0 saturated carbocycles. The monoisotopic (exact) mass is 450 g/mol. The molecular weight excluding hydrogens is 420 g/mol. The molecule has 0 aliphatic rings. The smallest absolute Gasteiger partial charge is 0.257 e. The van der Waals surface area contributed by atoms with Crippen molar-refractivity contribution in [1.82, 2.24) is 19.9 Å². The van der Waals surface area contributed by atoms with E-state index in [0.29, 0.717) is 19.4 Å². The second-order valence-electron chi connectivity index (χ2n) is 7.71. The Morgan fingerprint density at radius 2 is 1.88 bits per heavy atom. The Morgan fingerprint density at radius 3 is 2.62 bits per heavy atom. The maximum Gasteiger partial charge on any atom is 0.257 e. The summed E-state index contributed by atoms with van der Waals surface area (Å²) < 4.78 is 1.64. The van der Waals surface area contributed by atoms with Gasteiger partial charge in [-0.15, -0.1) is 0 Å². The minimum Gasteiger partial charge on any atom is -0.356 e. The molecule has 0 saturated heterocycles. The minimum absolute atomic E-state index is 0.0103. The molecule has 0 aliphatic heterocycles. The number of carbonyl (C=O) groups is 1. The number of thioether (sulfide) groups is 1. The van der Waals surface area contributed by atoms with Crippen molar-refractivity contribution in [1.29, 1.82) is 0 Å². The molecule has 0 fully saturated rings. The van der Waals surface area contributed by atoms with E-state index in [1.807, 2.05) is 55.5 Å². The highest BCUT2D eigenvalue weighted by Gasteiger charge is 2.13. The summed E-state index contributed by atoms with van der Waals surface area (Å²) in [7, 11) is 1.78. The lowest BCUT2D eigenvalue weighted by atomic mass is 10.1. The Morgan fingerprint density at radius 1 is 1.09 bits per heavy atom. The van der Waals surface area contributed by atoms with E-state index in [0.717, 1.165) is 52.7 Å². The first-order valence-corrected chi connectivity index (χ1v) is 11.9. The van der Waals surface area contributed by atoms with Gasteiger partial charge in [0.1, 0.15) is 0 Å². The molecule has 6 nitrogen and oxygen atoms in total. The van der Waals surface area contributed by atoms with Crippen LogP contribution in [0.5, 0.6) is 0 Å². The fourth-order valence-electron chi connectivity index (χ4n) is 3.38. The summed E-state index contributed by atoms with van der Waals surface area (Å²) in [6.07, 6.45) is 5.29. The van der Waals surface area contributed by atoms with Crippen LogP contribution in [0.1, 0.15) is 41.8 Å². The molecule has 7 heteroatoms. The van der Waals surface area contributed by atoms with Crippen LogP contribution in [0.4, 0.5) is 0 Å². The number of pyridine rings is 1. The topological polar surface area (TPSA) is 76.9 Å². The Balaban J connectivity index is 1.41. The maximum atomic E-state index is 12.8. The zero-order valence-electron chi connectivity index (χ0n) is 18.7. The normalized spacial score (nSPS) is 10.8. The highest BCUT2D eigenvalue weighted by atomic mass is 32.2. The van der Waals surface area contributed by atoms with Crippen LogP contribution in [0.25, 0.3) is 0 Å². The van der Waals surface area contributed by atoms with Crippen LogP contribution in [0.15, 0.2) is 64.7 Å². The quantitative estimate of drug-likeness (QED) is 0.274. The lowest BCUT2D eigenvalue weighted by Gasteiger charge is -2.12. The van der Waals surface area contributed by atoms with Crippen molar-refractivity contribution in [3.05, 3.63) is 87.6 Å². The summed E-state index contributed by atoms with van der Waals surface area (Å²) in [4.78, 5) is 33.8. The Labute approximate surface area is 193 Å². The first kappa shape index (κ1) is 23.7. The van der Waals surface area contributed by atoms with E-state index in [2.05, 4.69) is 15.3 Å². The van der Waals surface area contributed by atoms with E-state index in [1.165, 1.54) is 0 Å². The van der Waals surface area contributed by atoms with Crippen molar-refractivity contribution in [2.75, 3.05) is 12.3 Å². The van der Waals surface area contributed by atoms with Crippen molar-refractivity contribution in [2.45, 2.75) is 44.2 Å². The van der Waals surface area contributed by atoms with E-state index in [1.54, 1.807) is 29.6 Å². The van der Waals surface area contributed by atoms with Crippen LogP contribution in [0, 0.1) is 6.92 Å². The molecule has 1 amide bonds. The average molecular weight is 451 g/mol. The van der Waals surface area contributed by atoms with Crippen molar-refractivity contribution in [3.63, 3.8) is 0 Å². The third-order valence-corrected chi connectivity index (χ3v) is 6.35. The third kappa shape index (κ3) is 7.05. The van der Waals surface area contributed by atoms with Gasteiger partial charge in [0.25, 0.3) is 5.56 Å². The molecule has 0 bridgehead atoms. The van der Waals surface area contributed by atoms with Gasteiger partial charge in [0.2, 0.25) is 5.91 Å². The Hall–Kier alpha value is -2.93. The molecule has 0 radical (unpaired) electrons. The third-order valence-electron chi connectivity index (χ3n) is 5.23. The Kier molecular flexibility index (Phi) is 9.04. The highest BCUT2D eigenvalue weighted by Crippen LogP contribution is 2.18. The van der Waals surface area contributed by atoms with Gasteiger partial charge < -0.3 is 5.32 Å². The van der Waals surface area contributed by atoms with Gasteiger partial charge in [0, 0.05) is 61.8 Å². The summed E-state index contributed by atoms with van der Waals surface area (Å²) in [5.74, 6) is 0.886. The molecule has 0 aliphatic carbocycles. The zero-order valence-corrected chi connectivity index (χ0v) is 19.5. The molecule has 0 atom stereocenters. The van der Waals surface area contributed by atoms with E-state index >= 15 is 0 Å². The number of aryl methyl sites for hydroxylation is 1. The van der Waals surface area contributed by atoms with Crippen LogP contribution >= 0.6 is 11.8 Å². The fraction of sp³-hybridized carbons (Fsp3) is 0.360. The van der Waals surface area contributed by atoms with Crippen LogP contribution in [0.2, 0.25) is 0 Å². The van der Waals surface area contributed by atoms with Gasteiger partial charge in [0.15, 0.2) is 5.16 Å². The summed E-state index contributed by atoms with van der Waals surface area (Å²) in [5, 5.41) is 3.67. The van der Waals surface area contributed by atoms with Crippen molar-refractivity contribution >= 4 is 17.7 Å². The van der Waals surface area contributed by atoms with Crippen molar-refractivity contribution in [2.24, 2.45) is 7.05 Å². The van der Waals surface area contributed by atoms with Gasteiger partial charge in [-0.3, -0.25) is 19.1 Å². The molecule has 32 heavy (non-hydrogen) atoms. The summed E-state index contributed by atoms with van der Waals surface area (Å²) >= 11 is 1.57. The molecule has 168 valence electrons. The summed E-state index contributed by atoms with van der Waals surface area (Å²) in [6, 6.07) is 15.8. The molecule has 1 aromatic carbocycles. The fourth-order valence-corrected chi connectivity index (χ4v) is 4.39. The number of unbranched alkanes of at least 4 members (excludes halogenated alkanes) is 1. The van der Waals surface area contributed by atoms with Gasteiger partial charge in [-0.1, -0.05) is 48.2 Å². The van der Waals surface area contributed by atoms with Gasteiger partial charge in [-0.05, 0) is 37.5 Å². The standard InChI is InChI=1S/C25H30N4O2S/c1-19-22(18-20-10-4-3-5-11-20)24(31)29(2)25(28-19)32-17-9-7-13-23(30)27-16-14-21-12-6-8-15-26-21/h3-6,8,10-12,15H,7,9,13-14,16-18H2,1-2H3,(H,27,30). The van der Waals surface area contributed by atoms with Crippen molar-refractivity contribution < 1.29 is 4.79 Å². The van der Waals surface area contributed by atoms with E-state index < -0.39 is 0 Å². The number of nitrogens with one attached hydrogen (secondary N) is 1. The van der Waals surface area contributed by atoms with Gasteiger partial charge in [-0.25, -0.2) is 4.98 Å². The molecule has 3 rings (SSSR count). The Bertz CT molecular complexity index is 1070. The minimum atomic E-state index is 0.0103. The first-order chi connectivity index (χ1) is 15.5. The second-order valence-corrected chi connectivity index (χ2v) is 8.77. The van der Waals surface area contributed by atoms with Gasteiger partial charge in [-0.2, -0.15) is 0 Å². The lowest BCUT2D eigenvalue weighted by molar-refractivity contribution is -0.121. The molecule has 1 N–H and O–H groups in total. The number of nitrogens with zero attached hydrogens (tertiary/aromatic N) is 3. The molecule has 0 spiro atoms. The maximum absolute atomic E-state index is 12.8. The molecular formula is C25H30N4O2S. The van der Waals surface area contributed by atoms with E-state index in [-0.39, 0.29) is 11.5 Å². The number of benzene rings is 1. The largest absolute Gasteiger partial charge is 0.356 e. The van der Waals surface area contributed by atoms with Crippen molar-refractivity contribution in [3.8, 4) is 0 Å². The zero-order chi connectivity index (χ0) is 22.8. The molecule has 3 aromatic rings. The number of carbonyl (C=O) groups excluding carboxylic acids is 1. The number of hydrogen-bond acceptors (Lipinski definition) is 5. The van der Waals surface area contributed by atoms with Crippen LogP contribution < -0.4 is 10.9 Å². The SMILES string of the molecule is Cc1nc(SCCCCC(=O)NCCc2ccccn2)n(C)c(=O)c1Cc1ccccc1. The summed E-state index contributed by atoms with van der Waals surface area (Å²) in [6.45, 7) is 2.50. The first-order valence-electron chi connectivity index (χ1n) is 10.9. The van der Waals surface area contributed by atoms with E-state index in [4.69, 9.17) is 0 Å². The predicted molar refractivity (Wildman–Crippen MR) is 129 cm³/mol. The second kappa shape index (κ2) is 12.2. The van der Waals surface area contributed by atoms with Crippen LogP contribution in [-0.4, -0.2) is 32.7 Å². The van der Waals surface area contributed by atoms with Gasteiger partial charge >= 0.3 is 0 Å². The molecule has 2 heterocycles. The summed E-state index contributed by atoms with van der Waals surface area (Å²) in [5.41, 5.74) is 3.62.